The van der Waals surface area contributed by atoms with Gasteiger partial charge in [0.05, 0.1) is 6.04 Å². The van der Waals surface area contributed by atoms with E-state index in [-0.39, 0.29) is 11.5 Å². The third kappa shape index (κ3) is 8.69. The Morgan fingerprint density at radius 3 is 2.35 bits per heavy atom. The molecule has 5 heteroatoms. The summed E-state index contributed by atoms with van der Waals surface area (Å²) in [5, 5.41) is 5.91. The SMILES string of the molecule is C=C(C(N)=O)[C@H](CNCC)NC(=O)CCCCCCC. The first-order valence-electron chi connectivity index (χ1n) is 7.51. The zero-order chi connectivity index (χ0) is 15.4. The van der Waals surface area contributed by atoms with Gasteiger partial charge in [0.25, 0.3) is 0 Å². The highest BCUT2D eigenvalue weighted by Crippen LogP contribution is 2.06. The molecule has 0 saturated heterocycles. The molecule has 2 amide bonds. The quantitative estimate of drug-likeness (QED) is 0.375. The standard InChI is InChI=1S/C15H29N3O2/c1-4-6-7-8-9-10-14(19)18-13(11-17-5-2)12(3)15(16)20/h13,17H,3-11H2,1-2H3,(H2,16,20)(H,18,19)/t13-/m0/s1. The van der Waals surface area contributed by atoms with Crippen LogP contribution in [-0.4, -0.2) is 30.9 Å². The molecule has 0 unspecified atom stereocenters. The van der Waals surface area contributed by atoms with Gasteiger partial charge in [-0.2, -0.15) is 0 Å². The number of unbranched alkanes of at least 4 members (excludes halogenated alkanes) is 4. The summed E-state index contributed by atoms with van der Waals surface area (Å²) in [5.74, 6) is -0.622. The molecule has 0 aromatic carbocycles. The third-order valence-electron chi connectivity index (χ3n) is 3.18. The van der Waals surface area contributed by atoms with Crippen LogP contribution in [0.2, 0.25) is 0 Å². The van der Waals surface area contributed by atoms with Gasteiger partial charge in [0.15, 0.2) is 0 Å². The van der Waals surface area contributed by atoms with Gasteiger partial charge < -0.3 is 16.4 Å². The Labute approximate surface area is 122 Å². The maximum absolute atomic E-state index is 11.8. The molecule has 1 atom stereocenters. The number of amides is 2. The van der Waals surface area contributed by atoms with Crippen molar-refractivity contribution >= 4 is 11.8 Å². The summed E-state index contributed by atoms with van der Waals surface area (Å²) < 4.78 is 0. The van der Waals surface area contributed by atoms with Gasteiger partial charge in [0, 0.05) is 18.5 Å². The van der Waals surface area contributed by atoms with Crippen molar-refractivity contribution < 1.29 is 9.59 Å². The third-order valence-corrected chi connectivity index (χ3v) is 3.18. The number of nitrogens with one attached hydrogen (secondary N) is 2. The molecule has 0 spiro atoms. The lowest BCUT2D eigenvalue weighted by atomic mass is 10.1. The highest BCUT2D eigenvalue weighted by Gasteiger charge is 2.18. The van der Waals surface area contributed by atoms with Gasteiger partial charge in [-0.3, -0.25) is 9.59 Å². The van der Waals surface area contributed by atoms with Crippen molar-refractivity contribution in [3.8, 4) is 0 Å². The van der Waals surface area contributed by atoms with E-state index in [1.54, 1.807) is 0 Å². The Morgan fingerprint density at radius 2 is 1.80 bits per heavy atom. The van der Waals surface area contributed by atoms with Crippen LogP contribution in [0.25, 0.3) is 0 Å². The summed E-state index contributed by atoms with van der Waals surface area (Å²) in [7, 11) is 0. The Balaban J connectivity index is 4.11. The van der Waals surface area contributed by atoms with Crippen LogP contribution in [0.4, 0.5) is 0 Å². The van der Waals surface area contributed by atoms with E-state index in [1.165, 1.54) is 19.3 Å². The van der Waals surface area contributed by atoms with Crippen molar-refractivity contribution in [1.82, 2.24) is 10.6 Å². The fourth-order valence-electron chi connectivity index (χ4n) is 1.88. The minimum Gasteiger partial charge on any atom is -0.366 e. The van der Waals surface area contributed by atoms with Crippen molar-refractivity contribution in [2.45, 2.75) is 58.4 Å². The summed E-state index contributed by atoms with van der Waals surface area (Å²) in [6.07, 6.45) is 5.99. The minimum absolute atomic E-state index is 0.0493. The minimum atomic E-state index is -0.573. The van der Waals surface area contributed by atoms with Crippen LogP contribution in [-0.2, 0) is 9.59 Å². The maximum atomic E-state index is 11.8. The van der Waals surface area contributed by atoms with Crippen LogP contribution in [0.15, 0.2) is 12.2 Å². The van der Waals surface area contributed by atoms with Crippen molar-refractivity contribution in [2.75, 3.05) is 13.1 Å². The van der Waals surface area contributed by atoms with Crippen molar-refractivity contribution in [1.29, 1.82) is 0 Å². The lowest BCUT2D eigenvalue weighted by molar-refractivity contribution is -0.121. The van der Waals surface area contributed by atoms with E-state index >= 15 is 0 Å². The Kier molecular flexibility index (Phi) is 10.7. The largest absolute Gasteiger partial charge is 0.366 e. The van der Waals surface area contributed by atoms with E-state index in [4.69, 9.17) is 5.73 Å². The van der Waals surface area contributed by atoms with Crippen LogP contribution in [0, 0.1) is 0 Å². The molecule has 20 heavy (non-hydrogen) atoms. The van der Waals surface area contributed by atoms with Crippen LogP contribution in [0.5, 0.6) is 0 Å². The summed E-state index contributed by atoms with van der Waals surface area (Å²) in [6, 6.07) is -0.421. The summed E-state index contributed by atoms with van der Waals surface area (Å²) >= 11 is 0. The van der Waals surface area contributed by atoms with Gasteiger partial charge in [-0.15, -0.1) is 0 Å². The molecule has 5 nitrogen and oxygen atoms in total. The predicted molar refractivity (Wildman–Crippen MR) is 82.2 cm³/mol. The predicted octanol–water partition coefficient (Wildman–Crippen LogP) is 1.48. The average Bonchev–Trinajstić information content (AvgIpc) is 2.42. The zero-order valence-electron chi connectivity index (χ0n) is 12.8. The average molecular weight is 283 g/mol. The molecule has 0 saturated carbocycles. The van der Waals surface area contributed by atoms with Gasteiger partial charge in [-0.25, -0.2) is 0 Å². The van der Waals surface area contributed by atoms with Gasteiger partial charge in [0.1, 0.15) is 0 Å². The Bertz CT molecular complexity index is 316. The molecule has 0 heterocycles. The first kappa shape index (κ1) is 18.6. The van der Waals surface area contributed by atoms with Crippen LogP contribution >= 0.6 is 0 Å². The molecule has 116 valence electrons. The molecule has 0 aliphatic heterocycles. The molecule has 0 fully saturated rings. The topological polar surface area (TPSA) is 84.2 Å². The molecule has 0 aromatic heterocycles. The van der Waals surface area contributed by atoms with E-state index in [1.807, 2.05) is 6.92 Å². The van der Waals surface area contributed by atoms with Gasteiger partial charge in [-0.1, -0.05) is 46.1 Å². The molecule has 0 rings (SSSR count). The number of likely N-dealkylation sites (N-methyl/N-ethyl adjacent to an activating group) is 1. The number of rotatable bonds is 12. The van der Waals surface area contributed by atoms with Crippen LogP contribution in [0.3, 0.4) is 0 Å². The van der Waals surface area contributed by atoms with Crippen LogP contribution in [0.1, 0.15) is 52.4 Å². The van der Waals surface area contributed by atoms with Gasteiger partial charge in [0.2, 0.25) is 11.8 Å². The van der Waals surface area contributed by atoms with E-state index < -0.39 is 11.9 Å². The van der Waals surface area contributed by atoms with Gasteiger partial charge >= 0.3 is 0 Å². The molecular formula is C15H29N3O2. The highest BCUT2D eigenvalue weighted by molar-refractivity contribution is 5.93. The Morgan fingerprint density at radius 1 is 1.15 bits per heavy atom. The number of carbonyl (C=O) groups excluding carboxylic acids is 2. The van der Waals surface area contributed by atoms with Crippen molar-refractivity contribution in [2.24, 2.45) is 5.73 Å². The molecule has 0 radical (unpaired) electrons. The fourth-order valence-corrected chi connectivity index (χ4v) is 1.88. The second-order valence-electron chi connectivity index (χ2n) is 4.98. The summed E-state index contributed by atoms with van der Waals surface area (Å²) in [6.45, 7) is 9.00. The number of nitrogens with two attached hydrogens (primary N) is 1. The lowest BCUT2D eigenvalue weighted by Crippen LogP contribution is -2.45. The molecule has 0 bridgehead atoms. The molecule has 0 aliphatic rings. The molecule has 0 aliphatic carbocycles. The zero-order valence-corrected chi connectivity index (χ0v) is 12.8. The first-order chi connectivity index (χ1) is 9.52. The number of primary amides is 1. The smallest absolute Gasteiger partial charge is 0.246 e. The van der Waals surface area contributed by atoms with Gasteiger partial charge in [-0.05, 0) is 13.0 Å². The fraction of sp³-hybridized carbons (Fsp3) is 0.733. The van der Waals surface area contributed by atoms with E-state index in [2.05, 4.69) is 24.1 Å². The summed E-state index contributed by atoms with van der Waals surface area (Å²) in [5.41, 5.74) is 5.46. The molecule has 0 aromatic rings. The number of carbonyl (C=O) groups is 2. The van der Waals surface area contributed by atoms with Crippen molar-refractivity contribution in [3.63, 3.8) is 0 Å². The summed E-state index contributed by atoms with van der Waals surface area (Å²) in [4.78, 5) is 23.0. The van der Waals surface area contributed by atoms with Crippen molar-refractivity contribution in [3.05, 3.63) is 12.2 Å². The van der Waals surface area contributed by atoms with E-state index in [9.17, 15) is 9.59 Å². The monoisotopic (exact) mass is 283 g/mol. The number of hydrogen-bond donors (Lipinski definition) is 3. The lowest BCUT2D eigenvalue weighted by Gasteiger charge is -2.19. The molecule has 4 N–H and O–H groups in total. The highest BCUT2D eigenvalue weighted by atomic mass is 16.2. The second-order valence-corrected chi connectivity index (χ2v) is 4.98. The van der Waals surface area contributed by atoms with Crippen LogP contribution < -0.4 is 16.4 Å². The Hall–Kier alpha value is -1.36. The first-order valence-corrected chi connectivity index (χ1v) is 7.51. The van der Waals surface area contributed by atoms with E-state index in [0.29, 0.717) is 13.0 Å². The normalized spacial score (nSPS) is 11.9. The molecular weight excluding hydrogens is 254 g/mol. The van der Waals surface area contributed by atoms with E-state index in [0.717, 1.165) is 19.4 Å². The number of hydrogen-bond acceptors (Lipinski definition) is 3. The maximum Gasteiger partial charge on any atom is 0.246 e. The second kappa shape index (κ2) is 11.5.